The van der Waals surface area contributed by atoms with E-state index in [9.17, 15) is 0 Å². The highest BCUT2D eigenvalue weighted by molar-refractivity contribution is 5.76. The maximum atomic E-state index is 5.94. The van der Waals surface area contributed by atoms with Crippen LogP contribution in [-0.4, -0.2) is 15.6 Å². The summed E-state index contributed by atoms with van der Waals surface area (Å²) in [7, 11) is 0. The van der Waals surface area contributed by atoms with Crippen molar-refractivity contribution < 1.29 is 0 Å². The number of aromatic nitrogens is 2. The van der Waals surface area contributed by atoms with Gasteiger partial charge in [0.25, 0.3) is 0 Å². The van der Waals surface area contributed by atoms with Gasteiger partial charge in [-0.25, -0.2) is 4.98 Å². The first-order chi connectivity index (χ1) is 7.11. The summed E-state index contributed by atoms with van der Waals surface area (Å²) in [6, 6.07) is 8.57. The Morgan fingerprint density at radius 2 is 1.93 bits per heavy atom. The van der Waals surface area contributed by atoms with Crippen molar-refractivity contribution in [1.29, 1.82) is 0 Å². The molecule has 1 aromatic carbocycles. The van der Waals surface area contributed by atoms with Gasteiger partial charge in [0.2, 0.25) is 0 Å². The summed E-state index contributed by atoms with van der Waals surface area (Å²) in [5.41, 5.74) is 8.15. The fourth-order valence-electron chi connectivity index (χ4n) is 1.91. The number of hydrogen-bond acceptors (Lipinski definition) is 2. The van der Waals surface area contributed by atoms with Crippen LogP contribution in [0.3, 0.4) is 0 Å². The highest BCUT2D eigenvalue weighted by Gasteiger charge is 2.15. The van der Waals surface area contributed by atoms with E-state index in [0.717, 1.165) is 11.3 Å². The summed E-state index contributed by atoms with van der Waals surface area (Å²) in [5.74, 6) is 1.03. The van der Waals surface area contributed by atoms with Crippen LogP contribution < -0.4 is 5.73 Å². The van der Waals surface area contributed by atoms with Crippen molar-refractivity contribution in [2.75, 3.05) is 0 Å². The lowest BCUT2D eigenvalue weighted by atomic mass is 10.1. The third kappa shape index (κ3) is 1.63. The van der Waals surface area contributed by atoms with Crippen molar-refractivity contribution in [2.24, 2.45) is 5.73 Å². The highest BCUT2D eigenvalue weighted by atomic mass is 15.1. The van der Waals surface area contributed by atoms with E-state index < -0.39 is 0 Å². The van der Waals surface area contributed by atoms with Crippen LogP contribution in [0.2, 0.25) is 0 Å². The molecular formula is C12H17N3. The van der Waals surface area contributed by atoms with Crippen LogP contribution in [-0.2, 0) is 0 Å². The average Bonchev–Trinajstić information content (AvgIpc) is 2.52. The predicted molar refractivity (Wildman–Crippen MR) is 62.8 cm³/mol. The fraction of sp³-hybridized carbons (Fsp3) is 0.417. The number of benzene rings is 1. The Morgan fingerprint density at radius 1 is 1.27 bits per heavy atom. The molecule has 80 valence electrons. The van der Waals surface area contributed by atoms with E-state index in [1.165, 1.54) is 5.52 Å². The van der Waals surface area contributed by atoms with E-state index in [1.807, 2.05) is 32.0 Å². The molecule has 2 atom stereocenters. The Morgan fingerprint density at radius 3 is 2.60 bits per heavy atom. The zero-order valence-electron chi connectivity index (χ0n) is 9.44. The number of fused-ring (bicyclic) bond motifs is 1. The van der Waals surface area contributed by atoms with Gasteiger partial charge in [0.1, 0.15) is 5.82 Å². The molecular weight excluding hydrogens is 186 g/mol. The number of hydrogen-bond donors (Lipinski definition) is 1. The second kappa shape index (κ2) is 3.66. The Labute approximate surface area is 89.9 Å². The quantitative estimate of drug-likeness (QED) is 0.813. The molecule has 15 heavy (non-hydrogen) atoms. The lowest BCUT2D eigenvalue weighted by Crippen LogP contribution is -2.27. The molecule has 1 heterocycles. The average molecular weight is 203 g/mol. The van der Waals surface area contributed by atoms with Crippen LogP contribution in [0.25, 0.3) is 11.0 Å². The van der Waals surface area contributed by atoms with E-state index in [-0.39, 0.29) is 12.1 Å². The summed E-state index contributed by atoms with van der Waals surface area (Å²) < 4.78 is 2.21. The molecule has 0 aliphatic rings. The van der Waals surface area contributed by atoms with Gasteiger partial charge in [0.15, 0.2) is 0 Å². The van der Waals surface area contributed by atoms with Crippen molar-refractivity contribution >= 4 is 11.0 Å². The minimum Gasteiger partial charge on any atom is -0.326 e. The molecule has 0 fully saturated rings. The van der Waals surface area contributed by atoms with Gasteiger partial charge in [-0.1, -0.05) is 12.1 Å². The lowest BCUT2D eigenvalue weighted by Gasteiger charge is -2.19. The molecule has 0 aliphatic carbocycles. The van der Waals surface area contributed by atoms with Crippen molar-refractivity contribution in [3.8, 4) is 0 Å². The van der Waals surface area contributed by atoms with Crippen molar-refractivity contribution in [3.05, 3.63) is 30.1 Å². The summed E-state index contributed by atoms with van der Waals surface area (Å²) in [5, 5.41) is 0. The van der Waals surface area contributed by atoms with E-state index in [2.05, 4.69) is 22.5 Å². The molecule has 0 spiro atoms. The third-order valence-corrected chi connectivity index (χ3v) is 2.94. The largest absolute Gasteiger partial charge is 0.326 e. The first kappa shape index (κ1) is 10.2. The molecule has 2 unspecified atom stereocenters. The van der Waals surface area contributed by atoms with Gasteiger partial charge in [0, 0.05) is 12.1 Å². The Balaban J connectivity index is 2.63. The fourth-order valence-corrected chi connectivity index (χ4v) is 1.91. The molecule has 0 aliphatic heterocycles. The number of nitrogens with zero attached hydrogens (tertiary/aromatic N) is 2. The minimum atomic E-state index is 0.126. The normalized spacial score (nSPS) is 15.5. The monoisotopic (exact) mass is 203 g/mol. The second-order valence-corrected chi connectivity index (χ2v) is 4.12. The highest BCUT2D eigenvalue weighted by Crippen LogP contribution is 2.21. The van der Waals surface area contributed by atoms with Gasteiger partial charge in [-0.05, 0) is 32.9 Å². The second-order valence-electron chi connectivity index (χ2n) is 4.12. The first-order valence-electron chi connectivity index (χ1n) is 5.30. The maximum absolute atomic E-state index is 5.94. The minimum absolute atomic E-state index is 0.126. The maximum Gasteiger partial charge on any atom is 0.107 e. The van der Waals surface area contributed by atoms with Gasteiger partial charge in [0.05, 0.1) is 11.0 Å². The Kier molecular flexibility index (Phi) is 2.49. The topological polar surface area (TPSA) is 43.8 Å². The van der Waals surface area contributed by atoms with Gasteiger partial charge in [-0.15, -0.1) is 0 Å². The van der Waals surface area contributed by atoms with Crippen LogP contribution in [0, 0.1) is 6.92 Å². The molecule has 2 N–H and O–H groups in total. The standard InChI is InChI=1S/C12H17N3/c1-8(13)9(2)15-10(3)14-11-6-4-5-7-12(11)15/h4-9H,13H2,1-3H3. The van der Waals surface area contributed by atoms with E-state index in [0.29, 0.717) is 0 Å². The van der Waals surface area contributed by atoms with Crippen LogP contribution in [0.4, 0.5) is 0 Å². The summed E-state index contributed by atoms with van der Waals surface area (Å²) in [6.45, 7) is 6.18. The Hall–Kier alpha value is -1.35. The van der Waals surface area contributed by atoms with E-state index in [1.54, 1.807) is 0 Å². The molecule has 3 heteroatoms. The SMILES string of the molecule is Cc1nc2ccccc2n1C(C)C(C)N. The first-order valence-corrected chi connectivity index (χ1v) is 5.30. The number of aryl methyl sites for hydroxylation is 1. The van der Waals surface area contributed by atoms with Crippen molar-refractivity contribution in [2.45, 2.75) is 32.9 Å². The zero-order valence-corrected chi connectivity index (χ0v) is 9.44. The smallest absolute Gasteiger partial charge is 0.107 e. The Bertz CT molecular complexity index is 471. The molecule has 2 aromatic rings. The molecule has 0 bridgehead atoms. The van der Waals surface area contributed by atoms with Crippen LogP contribution >= 0.6 is 0 Å². The number of para-hydroxylation sites is 2. The molecule has 1 aromatic heterocycles. The van der Waals surface area contributed by atoms with Gasteiger partial charge < -0.3 is 10.3 Å². The molecule has 0 saturated heterocycles. The molecule has 0 saturated carbocycles. The van der Waals surface area contributed by atoms with Crippen LogP contribution in [0.15, 0.2) is 24.3 Å². The van der Waals surface area contributed by atoms with Gasteiger partial charge in [-0.3, -0.25) is 0 Å². The predicted octanol–water partition coefficient (Wildman–Crippen LogP) is 2.25. The summed E-state index contributed by atoms with van der Waals surface area (Å²) in [4.78, 5) is 4.52. The van der Waals surface area contributed by atoms with E-state index >= 15 is 0 Å². The summed E-state index contributed by atoms with van der Waals surface area (Å²) in [6.07, 6.45) is 0. The van der Waals surface area contributed by atoms with E-state index in [4.69, 9.17) is 5.73 Å². The van der Waals surface area contributed by atoms with Crippen LogP contribution in [0.1, 0.15) is 25.7 Å². The number of rotatable bonds is 2. The summed E-state index contributed by atoms with van der Waals surface area (Å²) >= 11 is 0. The number of nitrogens with two attached hydrogens (primary N) is 1. The third-order valence-electron chi connectivity index (χ3n) is 2.94. The molecule has 2 rings (SSSR count). The van der Waals surface area contributed by atoms with Crippen LogP contribution in [0.5, 0.6) is 0 Å². The van der Waals surface area contributed by atoms with Crippen molar-refractivity contribution in [3.63, 3.8) is 0 Å². The van der Waals surface area contributed by atoms with Crippen molar-refractivity contribution in [1.82, 2.24) is 9.55 Å². The van der Waals surface area contributed by atoms with Gasteiger partial charge >= 0.3 is 0 Å². The molecule has 0 radical (unpaired) electrons. The molecule has 3 nitrogen and oxygen atoms in total. The molecule has 0 amide bonds. The number of imidazole rings is 1. The zero-order chi connectivity index (χ0) is 11.0. The van der Waals surface area contributed by atoms with Gasteiger partial charge in [-0.2, -0.15) is 0 Å². The lowest BCUT2D eigenvalue weighted by molar-refractivity contribution is 0.467.